The maximum Gasteiger partial charge on any atom is 0.421 e. The molecule has 0 unspecified atom stereocenters. The second-order valence-electron chi connectivity index (χ2n) is 6.44. The van der Waals surface area contributed by atoms with Gasteiger partial charge in [0.1, 0.15) is 17.1 Å². The third-order valence-electron chi connectivity index (χ3n) is 4.08. The van der Waals surface area contributed by atoms with Crippen molar-refractivity contribution < 1.29 is 17.9 Å². The molecule has 0 amide bonds. The number of hydrogen-bond acceptors (Lipinski definition) is 5. The van der Waals surface area contributed by atoms with Crippen molar-refractivity contribution in [1.82, 2.24) is 9.97 Å². The monoisotopic (exact) mass is 528 g/mol. The van der Waals surface area contributed by atoms with Crippen LogP contribution in [0, 0.1) is 3.57 Å². The Balaban J connectivity index is 1.81. The summed E-state index contributed by atoms with van der Waals surface area (Å²) in [6, 6.07) is 14.0. The van der Waals surface area contributed by atoms with Crippen molar-refractivity contribution in [1.29, 1.82) is 0 Å². The van der Waals surface area contributed by atoms with Crippen LogP contribution in [0.1, 0.15) is 25.3 Å². The molecule has 2 N–H and O–H groups in total. The van der Waals surface area contributed by atoms with Crippen molar-refractivity contribution in [2.45, 2.75) is 25.9 Å². The highest BCUT2D eigenvalue weighted by molar-refractivity contribution is 14.1. The summed E-state index contributed by atoms with van der Waals surface area (Å²) in [6.07, 6.45) is -1.86. The number of nitrogens with zero attached hydrogens (tertiary/aromatic N) is 2. The first-order valence-electron chi connectivity index (χ1n) is 9.32. The van der Waals surface area contributed by atoms with E-state index in [2.05, 4.69) is 50.1 Å². The predicted molar refractivity (Wildman–Crippen MR) is 120 cm³/mol. The van der Waals surface area contributed by atoms with Gasteiger partial charge < -0.3 is 15.4 Å². The zero-order valence-corrected chi connectivity index (χ0v) is 18.3. The van der Waals surface area contributed by atoms with E-state index in [1.54, 1.807) is 36.4 Å². The molecule has 0 saturated heterocycles. The van der Waals surface area contributed by atoms with Crippen molar-refractivity contribution in [3.8, 4) is 5.75 Å². The van der Waals surface area contributed by atoms with Gasteiger partial charge in [-0.2, -0.15) is 18.2 Å². The lowest BCUT2D eigenvalue weighted by Gasteiger charge is -2.15. The van der Waals surface area contributed by atoms with Gasteiger partial charge in [-0.05, 0) is 77.5 Å². The minimum absolute atomic E-state index is 0.0613. The van der Waals surface area contributed by atoms with Crippen LogP contribution in [0.3, 0.4) is 0 Å². The lowest BCUT2D eigenvalue weighted by Crippen LogP contribution is -2.12. The predicted octanol–water partition coefficient (Wildman–Crippen LogP) is 6.77. The number of nitrogens with one attached hydrogen (secondary N) is 2. The summed E-state index contributed by atoms with van der Waals surface area (Å²) in [4.78, 5) is 7.87. The number of benzene rings is 2. The lowest BCUT2D eigenvalue weighted by atomic mass is 10.2. The van der Waals surface area contributed by atoms with Crippen LogP contribution >= 0.6 is 22.6 Å². The molecule has 1 heterocycles. The second-order valence-corrected chi connectivity index (χ2v) is 7.68. The third-order valence-corrected chi connectivity index (χ3v) is 4.80. The van der Waals surface area contributed by atoms with E-state index < -0.39 is 11.7 Å². The van der Waals surface area contributed by atoms with E-state index in [1.807, 2.05) is 12.1 Å². The van der Waals surface area contributed by atoms with E-state index >= 15 is 0 Å². The summed E-state index contributed by atoms with van der Waals surface area (Å²) in [5.41, 5.74) is 0.191. The Morgan fingerprint density at radius 1 is 0.967 bits per heavy atom. The Kier molecular flexibility index (Phi) is 7.35. The SMILES string of the molecule is CCCCOc1ccc(Nc2nc(Nc3ccc(I)cc3)ncc2C(F)(F)F)cc1. The van der Waals surface area contributed by atoms with E-state index in [0.29, 0.717) is 23.7 Å². The Bertz CT molecular complexity index is 963. The molecule has 3 rings (SSSR count). The number of anilines is 4. The van der Waals surface area contributed by atoms with Crippen LogP contribution in [0.5, 0.6) is 5.75 Å². The topological polar surface area (TPSA) is 59.1 Å². The molecule has 30 heavy (non-hydrogen) atoms. The molecule has 1 aromatic heterocycles. The highest BCUT2D eigenvalue weighted by Crippen LogP contribution is 2.35. The minimum Gasteiger partial charge on any atom is -0.494 e. The van der Waals surface area contributed by atoms with Crippen LogP contribution in [0.25, 0.3) is 0 Å². The van der Waals surface area contributed by atoms with Gasteiger partial charge in [0.25, 0.3) is 0 Å². The van der Waals surface area contributed by atoms with Crippen molar-refractivity contribution in [3.05, 3.63) is 63.9 Å². The molecular formula is C21H20F3IN4O. The van der Waals surface area contributed by atoms with Gasteiger partial charge in [0.15, 0.2) is 0 Å². The Labute approximate surface area is 186 Å². The molecule has 0 spiro atoms. The van der Waals surface area contributed by atoms with E-state index in [4.69, 9.17) is 4.74 Å². The first-order valence-corrected chi connectivity index (χ1v) is 10.4. The smallest absolute Gasteiger partial charge is 0.421 e. The summed E-state index contributed by atoms with van der Waals surface area (Å²) in [7, 11) is 0. The van der Waals surface area contributed by atoms with E-state index in [1.165, 1.54) is 0 Å². The van der Waals surface area contributed by atoms with E-state index in [-0.39, 0.29) is 11.8 Å². The molecule has 2 aromatic carbocycles. The van der Waals surface area contributed by atoms with Crippen LogP contribution in [0.4, 0.5) is 36.3 Å². The molecule has 3 aromatic rings. The number of aromatic nitrogens is 2. The normalized spacial score (nSPS) is 11.2. The van der Waals surface area contributed by atoms with Crippen LogP contribution in [-0.4, -0.2) is 16.6 Å². The molecule has 0 aliphatic rings. The van der Waals surface area contributed by atoms with E-state index in [9.17, 15) is 13.2 Å². The van der Waals surface area contributed by atoms with Crippen LogP contribution in [0.15, 0.2) is 54.7 Å². The molecule has 158 valence electrons. The van der Waals surface area contributed by atoms with E-state index in [0.717, 1.165) is 22.6 Å². The molecule has 9 heteroatoms. The number of rotatable bonds is 8. The molecular weight excluding hydrogens is 508 g/mol. The zero-order valence-electron chi connectivity index (χ0n) is 16.1. The van der Waals surface area contributed by atoms with Crippen LogP contribution in [0.2, 0.25) is 0 Å². The Morgan fingerprint density at radius 3 is 2.23 bits per heavy atom. The summed E-state index contributed by atoms with van der Waals surface area (Å²) in [5, 5.41) is 5.66. The maximum absolute atomic E-state index is 13.4. The average molecular weight is 528 g/mol. The highest BCUT2D eigenvalue weighted by atomic mass is 127. The van der Waals surface area contributed by atoms with Gasteiger partial charge in [0.05, 0.1) is 6.61 Å². The van der Waals surface area contributed by atoms with Gasteiger partial charge in [-0.3, -0.25) is 0 Å². The number of alkyl halides is 3. The lowest BCUT2D eigenvalue weighted by molar-refractivity contribution is -0.137. The first-order chi connectivity index (χ1) is 14.3. The summed E-state index contributed by atoms with van der Waals surface area (Å²) < 4.78 is 46.9. The van der Waals surface area contributed by atoms with Gasteiger partial charge in [-0.15, -0.1) is 0 Å². The van der Waals surface area contributed by atoms with Crippen LogP contribution in [-0.2, 0) is 6.18 Å². The van der Waals surface area contributed by atoms with Gasteiger partial charge in [-0.1, -0.05) is 13.3 Å². The molecule has 0 bridgehead atoms. The molecule has 0 radical (unpaired) electrons. The fraction of sp³-hybridized carbons (Fsp3) is 0.238. The molecule has 0 aliphatic carbocycles. The van der Waals surface area contributed by atoms with Crippen molar-refractivity contribution in [2.75, 3.05) is 17.2 Å². The van der Waals surface area contributed by atoms with Crippen molar-refractivity contribution in [3.63, 3.8) is 0 Å². The van der Waals surface area contributed by atoms with Gasteiger partial charge in [0, 0.05) is 21.1 Å². The second kappa shape index (κ2) is 9.96. The molecule has 0 fully saturated rings. The number of unbranched alkanes of at least 4 members (excludes halogenated alkanes) is 1. The van der Waals surface area contributed by atoms with Gasteiger partial charge in [0.2, 0.25) is 5.95 Å². The summed E-state index contributed by atoms with van der Waals surface area (Å²) in [5.74, 6) is 0.394. The standard InChI is InChI=1S/C21H20F3IN4O/c1-2-3-12-30-17-10-8-15(9-11-17)27-19-18(21(22,23)24)13-26-20(29-19)28-16-6-4-14(25)5-7-16/h4-11,13H,2-3,12H2,1H3,(H2,26,27,28,29). The highest BCUT2D eigenvalue weighted by Gasteiger charge is 2.35. The average Bonchev–Trinajstić information content (AvgIpc) is 2.70. The number of halogens is 4. The quantitative estimate of drug-likeness (QED) is 0.250. The van der Waals surface area contributed by atoms with Crippen LogP contribution < -0.4 is 15.4 Å². The summed E-state index contributed by atoms with van der Waals surface area (Å²) in [6.45, 7) is 2.67. The molecule has 0 atom stereocenters. The molecule has 5 nitrogen and oxygen atoms in total. The largest absolute Gasteiger partial charge is 0.494 e. The fourth-order valence-corrected chi connectivity index (χ4v) is 2.87. The Morgan fingerprint density at radius 2 is 1.60 bits per heavy atom. The summed E-state index contributed by atoms with van der Waals surface area (Å²) >= 11 is 2.17. The van der Waals surface area contributed by atoms with Crippen molar-refractivity contribution >= 4 is 45.7 Å². The van der Waals surface area contributed by atoms with Gasteiger partial charge in [-0.25, -0.2) is 4.98 Å². The maximum atomic E-state index is 13.4. The first kappa shape index (κ1) is 22.1. The van der Waals surface area contributed by atoms with Crippen molar-refractivity contribution in [2.24, 2.45) is 0 Å². The molecule has 0 saturated carbocycles. The molecule has 0 aliphatic heterocycles. The zero-order chi connectivity index (χ0) is 21.6. The number of ether oxygens (including phenoxy) is 1. The van der Waals surface area contributed by atoms with Gasteiger partial charge >= 0.3 is 6.18 Å². The third kappa shape index (κ3) is 6.22. The number of hydrogen-bond donors (Lipinski definition) is 2. The minimum atomic E-state index is -4.59. The Hall–Kier alpha value is -2.56. The fourth-order valence-electron chi connectivity index (χ4n) is 2.51.